The number of hydrogen-bond donors (Lipinski definition) is 2. The van der Waals surface area contributed by atoms with Crippen LogP contribution in [0.1, 0.15) is 18.5 Å². The lowest BCUT2D eigenvalue weighted by Crippen LogP contribution is -2.35. The van der Waals surface area contributed by atoms with Gasteiger partial charge in [0.25, 0.3) is 0 Å². The summed E-state index contributed by atoms with van der Waals surface area (Å²) in [4.78, 5) is 4.66. The van der Waals surface area contributed by atoms with Crippen LogP contribution in [0.15, 0.2) is 30.3 Å². The van der Waals surface area contributed by atoms with Crippen LogP contribution in [-0.2, 0) is 0 Å². The summed E-state index contributed by atoms with van der Waals surface area (Å²) in [5.41, 5.74) is 3.33. The van der Waals surface area contributed by atoms with Crippen molar-refractivity contribution in [3.8, 4) is 0 Å². The first-order valence-electron chi connectivity index (χ1n) is 6.66. The highest BCUT2D eigenvalue weighted by Crippen LogP contribution is 2.23. The molecule has 1 aromatic heterocycles. The van der Waals surface area contributed by atoms with E-state index in [4.69, 9.17) is 0 Å². The Balaban J connectivity index is 1.92. The molecular formula is C15H19N3. The van der Waals surface area contributed by atoms with E-state index in [9.17, 15) is 0 Å². The number of para-hydroxylation sites is 1. The summed E-state index contributed by atoms with van der Waals surface area (Å²) in [6.07, 6.45) is 2.37. The van der Waals surface area contributed by atoms with Gasteiger partial charge in [0.1, 0.15) is 0 Å². The second-order valence-corrected chi connectivity index (χ2v) is 5.00. The largest absolute Gasteiger partial charge is 0.380 e. The molecule has 0 radical (unpaired) electrons. The van der Waals surface area contributed by atoms with Crippen molar-refractivity contribution in [2.24, 2.45) is 0 Å². The van der Waals surface area contributed by atoms with Crippen molar-refractivity contribution in [3.05, 3.63) is 36.0 Å². The Morgan fingerprint density at radius 3 is 2.83 bits per heavy atom. The molecule has 0 saturated carbocycles. The average Bonchev–Trinajstić information content (AvgIpc) is 2.41. The topological polar surface area (TPSA) is 37.0 Å². The molecule has 0 amide bonds. The van der Waals surface area contributed by atoms with Gasteiger partial charge in [-0.15, -0.1) is 0 Å². The van der Waals surface area contributed by atoms with Gasteiger partial charge in [0.05, 0.1) is 11.2 Å². The molecule has 2 aromatic rings. The number of nitrogens with zero attached hydrogens (tertiary/aromatic N) is 1. The van der Waals surface area contributed by atoms with Crippen LogP contribution >= 0.6 is 0 Å². The van der Waals surface area contributed by atoms with Gasteiger partial charge in [-0.3, -0.25) is 4.98 Å². The predicted octanol–water partition coefficient (Wildman–Crippen LogP) is 2.71. The summed E-state index contributed by atoms with van der Waals surface area (Å²) < 4.78 is 0. The maximum absolute atomic E-state index is 4.66. The van der Waals surface area contributed by atoms with Crippen LogP contribution in [0.25, 0.3) is 10.9 Å². The minimum atomic E-state index is 0.569. The average molecular weight is 241 g/mol. The highest BCUT2D eigenvalue weighted by Gasteiger charge is 2.13. The molecular weight excluding hydrogens is 222 g/mol. The molecule has 3 nitrogen and oxygen atoms in total. The lowest BCUT2D eigenvalue weighted by Gasteiger charge is -2.25. The van der Waals surface area contributed by atoms with E-state index in [0.29, 0.717) is 6.04 Å². The van der Waals surface area contributed by atoms with Crippen molar-refractivity contribution in [1.29, 1.82) is 0 Å². The van der Waals surface area contributed by atoms with Crippen LogP contribution in [0.2, 0.25) is 0 Å². The van der Waals surface area contributed by atoms with Gasteiger partial charge in [-0.25, -0.2) is 0 Å². The van der Waals surface area contributed by atoms with Gasteiger partial charge in [0, 0.05) is 17.1 Å². The van der Waals surface area contributed by atoms with E-state index >= 15 is 0 Å². The second kappa shape index (κ2) is 4.94. The molecule has 0 aliphatic carbocycles. The highest BCUT2D eigenvalue weighted by molar-refractivity contribution is 5.90. The Morgan fingerprint density at radius 2 is 2.00 bits per heavy atom. The van der Waals surface area contributed by atoms with E-state index in [1.165, 1.54) is 23.9 Å². The Kier molecular flexibility index (Phi) is 3.15. The maximum Gasteiger partial charge on any atom is 0.0936 e. The van der Waals surface area contributed by atoms with E-state index in [0.717, 1.165) is 24.3 Å². The van der Waals surface area contributed by atoms with Crippen molar-refractivity contribution in [3.63, 3.8) is 0 Å². The minimum absolute atomic E-state index is 0.569. The van der Waals surface area contributed by atoms with Gasteiger partial charge in [0.2, 0.25) is 0 Å². The molecule has 3 rings (SSSR count). The first-order valence-corrected chi connectivity index (χ1v) is 6.66. The van der Waals surface area contributed by atoms with E-state index in [1.807, 2.05) is 6.92 Å². The summed E-state index contributed by atoms with van der Waals surface area (Å²) >= 11 is 0. The van der Waals surface area contributed by atoms with Gasteiger partial charge in [-0.1, -0.05) is 18.2 Å². The fourth-order valence-corrected chi connectivity index (χ4v) is 2.55. The van der Waals surface area contributed by atoms with E-state index in [1.54, 1.807) is 0 Å². The molecule has 94 valence electrons. The molecule has 0 atom stereocenters. The molecule has 0 unspecified atom stereocenters. The van der Waals surface area contributed by atoms with Gasteiger partial charge < -0.3 is 10.6 Å². The first-order chi connectivity index (χ1) is 8.83. The normalized spacial score (nSPS) is 16.9. The van der Waals surface area contributed by atoms with Gasteiger partial charge in [-0.05, 0) is 45.0 Å². The van der Waals surface area contributed by atoms with Crippen molar-refractivity contribution in [2.45, 2.75) is 25.8 Å². The summed E-state index contributed by atoms with van der Waals surface area (Å²) in [5.74, 6) is 0. The van der Waals surface area contributed by atoms with Crippen molar-refractivity contribution < 1.29 is 0 Å². The van der Waals surface area contributed by atoms with Crippen LogP contribution in [0.4, 0.5) is 5.69 Å². The third-order valence-electron chi connectivity index (χ3n) is 3.56. The number of rotatable bonds is 2. The number of fused-ring (bicyclic) bond motifs is 1. The molecule has 0 bridgehead atoms. The first kappa shape index (κ1) is 11.5. The van der Waals surface area contributed by atoms with Gasteiger partial charge >= 0.3 is 0 Å². The second-order valence-electron chi connectivity index (χ2n) is 5.00. The molecule has 3 heteroatoms. The Labute approximate surface area is 108 Å². The molecule has 2 N–H and O–H groups in total. The van der Waals surface area contributed by atoms with Gasteiger partial charge in [0.15, 0.2) is 0 Å². The molecule has 0 spiro atoms. The van der Waals surface area contributed by atoms with Crippen LogP contribution in [0, 0.1) is 6.92 Å². The number of nitrogens with one attached hydrogen (secondary N) is 2. The van der Waals surface area contributed by atoms with E-state index in [-0.39, 0.29) is 0 Å². The number of anilines is 1. The summed E-state index contributed by atoms with van der Waals surface area (Å²) in [6, 6.07) is 11.1. The van der Waals surface area contributed by atoms with Crippen LogP contribution in [0.5, 0.6) is 0 Å². The van der Waals surface area contributed by atoms with Gasteiger partial charge in [-0.2, -0.15) is 0 Å². The number of benzene rings is 1. The van der Waals surface area contributed by atoms with Crippen molar-refractivity contribution in [2.75, 3.05) is 18.4 Å². The zero-order valence-electron chi connectivity index (χ0n) is 10.7. The SMILES string of the molecule is Cc1ccc2cccc(NC3CCNCC3)c2n1. The Morgan fingerprint density at radius 1 is 1.17 bits per heavy atom. The van der Waals surface area contributed by atoms with Crippen LogP contribution in [0.3, 0.4) is 0 Å². The van der Waals surface area contributed by atoms with Crippen molar-refractivity contribution in [1.82, 2.24) is 10.3 Å². The molecule has 18 heavy (non-hydrogen) atoms. The zero-order valence-corrected chi connectivity index (χ0v) is 10.7. The third-order valence-corrected chi connectivity index (χ3v) is 3.56. The standard InChI is InChI=1S/C15H19N3/c1-11-5-6-12-3-2-4-14(15(12)17-11)18-13-7-9-16-10-8-13/h2-6,13,16,18H,7-10H2,1H3. The number of aromatic nitrogens is 1. The summed E-state index contributed by atoms with van der Waals surface area (Å²) in [7, 11) is 0. The summed E-state index contributed by atoms with van der Waals surface area (Å²) in [6.45, 7) is 4.25. The minimum Gasteiger partial charge on any atom is -0.380 e. The molecule has 1 aromatic carbocycles. The molecule has 1 fully saturated rings. The maximum atomic E-state index is 4.66. The third kappa shape index (κ3) is 2.31. The molecule has 1 aliphatic rings. The van der Waals surface area contributed by atoms with E-state index in [2.05, 4.69) is 45.9 Å². The quantitative estimate of drug-likeness (QED) is 0.849. The monoisotopic (exact) mass is 241 g/mol. The molecule has 2 heterocycles. The fraction of sp³-hybridized carbons (Fsp3) is 0.400. The van der Waals surface area contributed by atoms with E-state index < -0.39 is 0 Å². The lowest BCUT2D eigenvalue weighted by molar-refractivity contribution is 0.479. The Hall–Kier alpha value is -1.61. The molecule has 1 aliphatic heterocycles. The number of aryl methyl sites for hydroxylation is 1. The molecule has 1 saturated heterocycles. The lowest BCUT2D eigenvalue weighted by atomic mass is 10.1. The predicted molar refractivity (Wildman–Crippen MR) is 76.0 cm³/mol. The fourth-order valence-electron chi connectivity index (χ4n) is 2.55. The summed E-state index contributed by atoms with van der Waals surface area (Å²) in [5, 5.41) is 8.25. The number of pyridine rings is 1. The number of hydrogen-bond acceptors (Lipinski definition) is 3. The van der Waals surface area contributed by atoms with Crippen LogP contribution < -0.4 is 10.6 Å². The Bertz CT molecular complexity index is 544. The zero-order chi connectivity index (χ0) is 12.4. The van der Waals surface area contributed by atoms with Crippen LogP contribution in [-0.4, -0.2) is 24.1 Å². The number of piperidine rings is 1. The highest BCUT2D eigenvalue weighted by atomic mass is 15.0. The smallest absolute Gasteiger partial charge is 0.0936 e. The van der Waals surface area contributed by atoms with Crippen molar-refractivity contribution >= 4 is 16.6 Å².